The fourth-order valence-electron chi connectivity index (χ4n) is 3.72. The summed E-state index contributed by atoms with van der Waals surface area (Å²) in [4.78, 5) is 0. The van der Waals surface area contributed by atoms with Gasteiger partial charge in [0, 0.05) is 6.04 Å². The lowest BCUT2D eigenvalue weighted by molar-refractivity contribution is 0.412. The Morgan fingerprint density at radius 2 is 1.89 bits per heavy atom. The second-order valence-electron chi connectivity index (χ2n) is 6.23. The molecule has 18 heavy (non-hydrogen) atoms. The van der Waals surface area contributed by atoms with Crippen molar-refractivity contribution in [3.63, 3.8) is 0 Å². The Hall–Kier alpha value is -0.300. The van der Waals surface area contributed by atoms with Crippen LogP contribution in [0.3, 0.4) is 0 Å². The van der Waals surface area contributed by atoms with E-state index in [9.17, 15) is 0 Å². The van der Waals surface area contributed by atoms with E-state index in [1.165, 1.54) is 70.6 Å². The van der Waals surface area contributed by atoms with Crippen molar-refractivity contribution in [3.05, 3.63) is 11.6 Å². The number of hydrogen-bond acceptors (Lipinski definition) is 1. The third-order valence-electron chi connectivity index (χ3n) is 4.77. The molecule has 2 aliphatic rings. The Balaban J connectivity index is 1.92. The number of likely N-dealkylation sites (N-methyl/N-ethyl adjacent to an activating group) is 1. The van der Waals surface area contributed by atoms with Gasteiger partial charge in [0.05, 0.1) is 0 Å². The first-order valence-electron chi connectivity index (χ1n) is 8.32. The minimum Gasteiger partial charge on any atom is -0.311 e. The molecular weight excluding hydrogens is 218 g/mol. The normalized spacial score (nSPS) is 24.4. The summed E-state index contributed by atoms with van der Waals surface area (Å²) in [6, 6.07) is 0.691. The number of allylic oxidation sites excluding steroid dienone is 1. The zero-order valence-electron chi connectivity index (χ0n) is 12.2. The van der Waals surface area contributed by atoms with Crippen molar-refractivity contribution in [2.24, 2.45) is 5.92 Å². The van der Waals surface area contributed by atoms with Crippen molar-refractivity contribution < 1.29 is 0 Å². The molecule has 0 aliphatic heterocycles. The summed E-state index contributed by atoms with van der Waals surface area (Å²) < 4.78 is 0. The van der Waals surface area contributed by atoms with Crippen LogP contribution in [-0.2, 0) is 0 Å². The van der Waals surface area contributed by atoms with Gasteiger partial charge < -0.3 is 5.32 Å². The van der Waals surface area contributed by atoms with E-state index >= 15 is 0 Å². The molecule has 1 fully saturated rings. The van der Waals surface area contributed by atoms with Gasteiger partial charge in [0.15, 0.2) is 0 Å². The molecule has 0 aromatic carbocycles. The third-order valence-corrected chi connectivity index (χ3v) is 4.77. The van der Waals surface area contributed by atoms with E-state index in [1.54, 1.807) is 5.57 Å². The van der Waals surface area contributed by atoms with Crippen molar-refractivity contribution in [1.82, 2.24) is 5.32 Å². The summed E-state index contributed by atoms with van der Waals surface area (Å²) >= 11 is 0. The van der Waals surface area contributed by atoms with Crippen LogP contribution in [0, 0.1) is 5.92 Å². The Bertz CT molecular complexity index is 250. The van der Waals surface area contributed by atoms with Crippen LogP contribution in [0.5, 0.6) is 0 Å². The van der Waals surface area contributed by atoms with E-state index < -0.39 is 0 Å². The van der Waals surface area contributed by atoms with E-state index in [0.717, 1.165) is 12.5 Å². The monoisotopic (exact) mass is 249 g/mol. The van der Waals surface area contributed by atoms with Gasteiger partial charge in [0.1, 0.15) is 0 Å². The van der Waals surface area contributed by atoms with E-state index in [-0.39, 0.29) is 0 Å². The van der Waals surface area contributed by atoms with Gasteiger partial charge in [-0.2, -0.15) is 0 Å². The molecule has 1 atom stereocenters. The Morgan fingerprint density at radius 3 is 2.67 bits per heavy atom. The molecule has 1 saturated carbocycles. The Labute approximate surface area is 113 Å². The molecule has 0 amide bonds. The van der Waals surface area contributed by atoms with E-state index in [0.29, 0.717) is 6.04 Å². The van der Waals surface area contributed by atoms with Crippen LogP contribution < -0.4 is 5.32 Å². The molecular formula is C17H31N. The van der Waals surface area contributed by atoms with Gasteiger partial charge in [0.25, 0.3) is 0 Å². The van der Waals surface area contributed by atoms with Gasteiger partial charge in [-0.15, -0.1) is 0 Å². The number of hydrogen-bond donors (Lipinski definition) is 1. The van der Waals surface area contributed by atoms with Crippen molar-refractivity contribution in [2.75, 3.05) is 6.54 Å². The van der Waals surface area contributed by atoms with Gasteiger partial charge in [0.2, 0.25) is 0 Å². The molecule has 0 bridgehead atoms. The summed E-state index contributed by atoms with van der Waals surface area (Å²) in [5.74, 6) is 1.00. The average molecular weight is 249 g/mol. The van der Waals surface area contributed by atoms with Gasteiger partial charge in [-0.25, -0.2) is 0 Å². The molecule has 0 saturated heterocycles. The third kappa shape index (κ3) is 4.42. The van der Waals surface area contributed by atoms with Crippen LogP contribution in [0.1, 0.15) is 77.6 Å². The smallest absolute Gasteiger partial charge is 0.0281 e. The second kappa shape index (κ2) is 7.99. The van der Waals surface area contributed by atoms with E-state index in [2.05, 4.69) is 18.3 Å². The van der Waals surface area contributed by atoms with Gasteiger partial charge in [-0.05, 0) is 44.6 Å². The first kappa shape index (κ1) is 14.1. The SMILES string of the molecule is CCNC(CC1CCCC1)C1=CCCCCCC1. The lowest BCUT2D eigenvalue weighted by atomic mass is 9.88. The molecule has 0 radical (unpaired) electrons. The van der Waals surface area contributed by atoms with Crippen molar-refractivity contribution in [3.8, 4) is 0 Å². The maximum absolute atomic E-state index is 3.76. The van der Waals surface area contributed by atoms with Gasteiger partial charge in [-0.1, -0.05) is 57.1 Å². The molecule has 1 N–H and O–H groups in total. The van der Waals surface area contributed by atoms with Crippen molar-refractivity contribution >= 4 is 0 Å². The number of nitrogens with one attached hydrogen (secondary N) is 1. The first-order chi connectivity index (χ1) is 8.90. The predicted octanol–water partition coefficient (Wildman–Crippen LogP) is 4.83. The minimum atomic E-state index is 0.691. The highest BCUT2D eigenvalue weighted by Gasteiger charge is 2.22. The predicted molar refractivity (Wildman–Crippen MR) is 79.8 cm³/mol. The molecule has 0 aromatic heterocycles. The minimum absolute atomic E-state index is 0.691. The zero-order chi connectivity index (χ0) is 12.6. The summed E-state index contributed by atoms with van der Waals surface area (Å²) in [6.45, 7) is 3.37. The summed E-state index contributed by atoms with van der Waals surface area (Å²) in [7, 11) is 0. The second-order valence-corrected chi connectivity index (χ2v) is 6.23. The van der Waals surface area contributed by atoms with Crippen LogP contribution >= 0.6 is 0 Å². The highest BCUT2D eigenvalue weighted by Crippen LogP contribution is 2.31. The van der Waals surface area contributed by atoms with Crippen molar-refractivity contribution in [1.29, 1.82) is 0 Å². The van der Waals surface area contributed by atoms with Gasteiger partial charge >= 0.3 is 0 Å². The summed E-state index contributed by atoms with van der Waals surface area (Å²) in [6.07, 6.45) is 18.3. The summed E-state index contributed by atoms with van der Waals surface area (Å²) in [5.41, 5.74) is 1.74. The molecule has 104 valence electrons. The van der Waals surface area contributed by atoms with Crippen LogP contribution in [0.4, 0.5) is 0 Å². The van der Waals surface area contributed by atoms with Crippen LogP contribution in [0.2, 0.25) is 0 Å². The lowest BCUT2D eigenvalue weighted by Gasteiger charge is -2.25. The summed E-state index contributed by atoms with van der Waals surface area (Å²) in [5, 5.41) is 3.76. The quantitative estimate of drug-likeness (QED) is 0.688. The van der Waals surface area contributed by atoms with E-state index in [1.807, 2.05) is 0 Å². The molecule has 0 heterocycles. The maximum atomic E-state index is 3.76. The average Bonchev–Trinajstić information content (AvgIpc) is 2.81. The molecule has 2 rings (SSSR count). The standard InChI is InChI=1S/C17H31N/c1-2-18-17(14-15-10-8-9-11-15)16-12-6-4-3-5-7-13-16/h12,15,17-18H,2-11,13-14H2,1H3. The largest absolute Gasteiger partial charge is 0.311 e. The molecule has 2 aliphatic carbocycles. The molecule has 0 aromatic rings. The topological polar surface area (TPSA) is 12.0 Å². The molecule has 0 spiro atoms. The molecule has 1 nitrogen and oxygen atoms in total. The van der Waals surface area contributed by atoms with Crippen molar-refractivity contribution in [2.45, 2.75) is 83.6 Å². The maximum Gasteiger partial charge on any atom is 0.0281 e. The molecule has 1 unspecified atom stereocenters. The lowest BCUT2D eigenvalue weighted by Crippen LogP contribution is -2.32. The zero-order valence-corrected chi connectivity index (χ0v) is 12.2. The highest BCUT2D eigenvalue weighted by atomic mass is 14.9. The van der Waals surface area contributed by atoms with E-state index in [4.69, 9.17) is 0 Å². The fourth-order valence-corrected chi connectivity index (χ4v) is 3.72. The van der Waals surface area contributed by atoms with Gasteiger partial charge in [-0.3, -0.25) is 0 Å². The highest BCUT2D eigenvalue weighted by molar-refractivity contribution is 5.12. The van der Waals surface area contributed by atoms with Crippen LogP contribution in [-0.4, -0.2) is 12.6 Å². The fraction of sp³-hybridized carbons (Fsp3) is 0.882. The van der Waals surface area contributed by atoms with Crippen LogP contribution in [0.15, 0.2) is 11.6 Å². The Kier molecular flexibility index (Phi) is 6.26. The van der Waals surface area contributed by atoms with Crippen LogP contribution in [0.25, 0.3) is 0 Å². The number of rotatable bonds is 5. The molecule has 1 heteroatoms. The first-order valence-corrected chi connectivity index (χ1v) is 8.32. The Morgan fingerprint density at radius 1 is 1.11 bits per heavy atom.